The van der Waals surface area contributed by atoms with Crippen molar-refractivity contribution >= 4 is 17.5 Å². The second-order valence-corrected chi connectivity index (χ2v) is 5.90. The number of carbonyl (C=O) groups is 2. The number of amides is 2. The summed E-state index contributed by atoms with van der Waals surface area (Å²) in [5, 5.41) is 5.50. The van der Waals surface area contributed by atoms with Crippen LogP contribution in [0.4, 0.5) is 5.69 Å². The summed E-state index contributed by atoms with van der Waals surface area (Å²) in [6.07, 6.45) is 2.34. The summed E-state index contributed by atoms with van der Waals surface area (Å²) in [6.45, 7) is 2.88. The van der Waals surface area contributed by atoms with Gasteiger partial charge in [-0.2, -0.15) is 0 Å². The first-order chi connectivity index (χ1) is 12.5. The second-order valence-electron chi connectivity index (χ2n) is 5.90. The number of aryl methyl sites for hydroxylation is 1. The van der Waals surface area contributed by atoms with Gasteiger partial charge in [-0.1, -0.05) is 0 Å². The van der Waals surface area contributed by atoms with Crippen LogP contribution in [-0.2, 0) is 16.1 Å². The maximum absolute atomic E-state index is 12.1. The Kier molecular flexibility index (Phi) is 7.11. The third kappa shape index (κ3) is 5.86. The molecular weight excluding hydrogens is 334 g/mol. The molecule has 7 nitrogen and oxygen atoms in total. The van der Waals surface area contributed by atoms with Crippen molar-refractivity contribution in [2.75, 3.05) is 25.6 Å². The fraction of sp³-hybridized carbons (Fsp3) is 0.316. The number of anilines is 1. The average molecular weight is 357 g/mol. The van der Waals surface area contributed by atoms with E-state index in [-0.39, 0.29) is 23.9 Å². The molecule has 1 aromatic carbocycles. The van der Waals surface area contributed by atoms with Crippen molar-refractivity contribution in [3.05, 3.63) is 64.1 Å². The summed E-state index contributed by atoms with van der Waals surface area (Å²) in [4.78, 5) is 35.9. The normalized spacial score (nSPS) is 10.4. The van der Waals surface area contributed by atoms with Crippen molar-refractivity contribution in [2.24, 2.45) is 0 Å². The van der Waals surface area contributed by atoms with Crippen LogP contribution in [0.5, 0.6) is 0 Å². The van der Waals surface area contributed by atoms with Gasteiger partial charge < -0.3 is 19.9 Å². The van der Waals surface area contributed by atoms with Gasteiger partial charge in [0.15, 0.2) is 0 Å². The van der Waals surface area contributed by atoms with Crippen LogP contribution in [0.15, 0.2) is 47.4 Å². The number of benzene rings is 1. The van der Waals surface area contributed by atoms with Crippen LogP contribution in [-0.4, -0.2) is 36.6 Å². The smallest absolute Gasteiger partial charge is 0.251 e. The molecule has 138 valence electrons. The van der Waals surface area contributed by atoms with Crippen LogP contribution >= 0.6 is 0 Å². The summed E-state index contributed by atoms with van der Waals surface area (Å²) >= 11 is 0. The van der Waals surface area contributed by atoms with Crippen molar-refractivity contribution in [3.8, 4) is 0 Å². The van der Waals surface area contributed by atoms with E-state index in [1.165, 1.54) is 10.6 Å². The molecule has 2 amide bonds. The van der Waals surface area contributed by atoms with Gasteiger partial charge in [-0.05, 0) is 49.2 Å². The zero-order valence-electron chi connectivity index (χ0n) is 15.0. The van der Waals surface area contributed by atoms with Crippen LogP contribution < -0.4 is 16.2 Å². The quantitative estimate of drug-likeness (QED) is 0.702. The van der Waals surface area contributed by atoms with Gasteiger partial charge in [0, 0.05) is 43.8 Å². The lowest BCUT2D eigenvalue weighted by Crippen LogP contribution is -2.27. The third-order valence-corrected chi connectivity index (χ3v) is 3.71. The van der Waals surface area contributed by atoms with Crippen molar-refractivity contribution in [2.45, 2.75) is 19.9 Å². The van der Waals surface area contributed by atoms with Gasteiger partial charge in [-0.15, -0.1) is 0 Å². The van der Waals surface area contributed by atoms with E-state index in [9.17, 15) is 14.4 Å². The zero-order chi connectivity index (χ0) is 18.9. The number of hydrogen-bond acceptors (Lipinski definition) is 4. The highest BCUT2D eigenvalue weighted by Crippen LogP contribution is 2.09. The van der Waals surface area contributed by atoms with E-state index in [4.69, 9.17) is 4.74 Å². The number of methoxy groups -OCH3 is 1. The molecule has 0 radical (unpaired) electrons. The monoisotopic (exact) mass is 357 g/mol. The maximum Gasteiger partial charge on any atom is 0.251 e. The summed E-state index contributed by atoms with van der Waals surface area (Å²) in [5.74, 6) is -0.488. The van der Waals surface area contributed by atoms with E-state index in [0.29, 0.717) is 24.4 Å². The Bertz CT molecular complexity index is 812. The number of nitrogens with zero attached hydrogens (tertiary/aromatic N) is 1. The van der Waals surface area contributed by atoms with E-state index < -0.39 is 0 Å². The van der Waals surface area contributed by atoms with E-state index in [1.807, 2.05) is 6.92 Å². The maximum atomic E-state index is 12.1. The van der Waals surface area contributed by atoms with Crippen LogP contribution in [0.25, 0.3) is 0 Å². The molecule has 0 saturated carbocycles. The summed E-state index contributed by atoms with van der Waals surface area (Å²) in [7, 11) is 1.62. The molecule has 0 aliphatic heterocycles. The topological polar surface area (TPSA) is 89.4 Å². The molecule has 2 N–H and O–H groups in total. The Morgan fingerprint density at radius 1 is 1.15 bits per heavy atom. The van der Waals surface area contributed by atoms with Crippen molar-refractivity contribution in [1.29, 1.82) is 0 Å². The minimum absolute atomic E-state index is 0.0686. The predicted octanol–water partition coefficient (Wildman–Crippen LogP) is 1.56. The van der Waals surface area contributed by atoms with E-state index in [1.54, 1.807) is 43.6 Å². The van der Waals surface area contributed by atoms with Crippen molar-refractivity contribution < 1.29 is 14.3 Å². The highest BCUT2D eigenvalue weighted by Gasteiger charge is 2.07. The Labute approximate surface area is 152 Å². The molecule has 2 rings (SSSR count). The van der Waals surface area contributed by atoms with E-state index >= 15 is 0 Å². The van der Waals surface area contributed by atoms with Gasteiger partial charge in [0.1, 0.15) is 6.54 Å². The number of nitrogens with one attached hydrogen (secondary N) is 2. The molecule has 26 heavy (non-hydrogen) atoms. The molecule has 0 aliphatic rings. The van der Waals surface area contributed by atoms with Crippen LogP contribution in [0.1, 0.15) is 22.3 Å². The Morgan fingerprint density at radius 2 is 1.88 bits per heavy atom. The molecule has 0 unspecified atom stereocenters. The molecule has 1 heterocycles. The molecule has 0 spiro atoms. The first-order valence-electron chi connectivity index (χ1n) is 8.34. The van der Waals surface area contributed by atoms with Gasteiger partial charge in [-0.25, -0.2) is 0 Å². The van der Waals surface area contributed by atoms with Crippen molar-refractivity contribution in [3.63, 3.8) is 0 Å². The number of aromatic nitrogens is 1. The number of hydrogen-bond donors (Lipinski definition) is 2. The minimum atomic E-state index is -0.312. The fourth-order valence-corrected chi connectivity index (χ4v) is 2.32. The number of ether oxygens (including phenoxy) is 1. The molecule has 2 aromatic rings. The van der Waals surface area contributed by atoms with Gasteiger partial charge in [0.05, 0.1) is 0 Å². The van der Waals surface area contributed by atoms with Crippen LogP contribution in [0.2, 0.25) is 0 Å². The Morgan fingerprint density at radius 3 is 2.54 bits per heavy atom. The fourth-order valence-electron chi connectivity index (χ4n) is 2.32. The highest BCUT2D eigenvalue weighted by molar-refractivity contribution is 5.95. The molecule has 0 bridgehead atoms. The summed E-state index contributed by atoms with van der Waals surface area (Å²) in [5.41, 5.74) is 1.70. The highest BCUT2D eigenvalue weighted by atomic mass is 16.5. The third-order valence-electron chi connectivity index (χ3n) is 3.71. The molecule has 7 heteroatoms. The lowest BCUT2D eigenvalue weighted by molar-refractivity contribution is -0.116. The molecule has 1 aromatic heterocycles. The predicted molar refractivity (Wildman–Crippen MR) is 99.3 cm³/mol. The number of carbonyl (C=O) groups excluding carboxylic acids is 2. The van der Waals surface area contributed by atoms with Gasteiger partial charge >= 0.3 is 0 Å². The van der Waals surface area contributed by atoms with E-state index in [2.05, 4.69) is 10.6 Å². The largest absolute Gasteiger partial charge is 0.385 e. The number of rotatable bonds is 8. The van der Waals surface area contributed by atoms with Crippen LogP contribution in [0.3, 0.4) is 0 Å². The van der Waals surface area contributed by atoms with Gasteiger partial charge in [-0.3, -0.25) is 14.4 Å². The second kappa shape index (κ2) is 9.53. The molecule has 0 aliphatic carbocycles. The zero-order valence-corrected chi connectivity index (χ0v) is 15.0. The van der Waals surface area contributed by atoms with Crippen molar-refractivity contribution in [1.82, 2.24) is 9.88 Å². The average Bonchev–Trinajstić information content (AvgIpc) is 2.61. The molecule has 0 saturated heterocycles. The number of pyridine rings is 1. The standard InChI is InChI=1S/C19H23N3O4/c1-14-8-10-22(18(24)12-14)13-17(23)21-16-6-4-15(5-7-16)19(25)20-9-3-11-26-2/h4-8,10,12H,3,9,11,13H2,1-2H3,(H,20,25)(H,21,23). The van der Waals surface area contributed by atoms with Crippen LogP contribution in [0, 0.1) is 6.92 Å². The lowest BCUT2D eigenvalue weighted by atomic mass is 10.2. The van der Waals surface area contributed by atoms with E-state index in [0.717, 1.165) is 12.0 Å². The first kappa shape index (κ1) is 19.4. The lowest BCUT2D eigenvalue weighted by Gasteiger charge is -2.09. The van der Waals surface area contributed by atoms with Gasteiger partial charge in [0.2, 0.25) is 5.91 Å². The first-order valence-corrected chi connectivity index (χ1v) is 8.34. The minimum Gasteiger partial charge on any atom is -0.385 e. The molecular formula is C19H23N3O4. The Hall–Kier alpha value is -2.93. The molecule has 0 atom stereocenters. The molecule has 0 fully saturated rings. The van der Waals surface area contributed by atoms with Gasteiger partial charge in [0.25, 0.3) is 11.5 Å². The summed E-state index contributed by atoms with van der Waals surface area (Å²) < 4.78 is 6.26. The Balaban J connectivity index is 1.89. The summed E-state index contributed by atoms with van der Waals surface area (Å²) in [6, 6.07) is 9.83. The SMILES string of the molecule is COCCCNC(=O)c1ccc(NC(=O)Cn2ccc(C)cc2=O)cc1.